The van der Waals surface area contributed by atoms with Gasteiger partial charge in [-0.2, -0.15) is 0 Å². The van der Waals surface area contributed by atoms with Crippen molar-refractivity contribution in [3.05, 3.63) is 0 Å². The highest BCUT2D eigenvalue weighted by molar-refractivity contribution is 4.88. The van der Waals surface area contributed by atoms with E-state index >= 15 is 0 Å². The maximum Gasteiger partial charge on any atom is 0.184 e. The van der Waals surface area contributed by atoms with E-state index in [1.807, 2.05) is 0 Å². The Morgan fingerprint density at radius 1 is 0.458 bits per heavy atom. The highest BCUT2D eigenvalue weighted by Gasteiger charge is 2.43. The van der Waals surface area contributed by atoms with Gasteiger partial charge in [0.2, 0.25) is 0 Å². The van der Waals surface area contributed by atoms with Crippen molar-refractivity contribution in [2.75, 3.05) is 13.2 Å². The quantitative estimate of drug-likeness (QED) is 0.222. The molecule has 10 N–H and O–H groups in total. The normalized spacial score (nSPS) is 49.2. The third-order valence-corrected chi connectivity index (χ3v) is 3.73. The molecule has 0 bridgehead atoms. The lowest BCUT2D eigenvalue weighted by Crippen LogP contribution is -2.58. The van der Waals surface area contributed by atoms with Gasteiger partial charge in [0.05, 0.1) is 13.2 Å². The summed E-state index contributed by atoms with van der Waals surface area (Å²) in [6, 6.07) is 0. The summed E-state index contributed by atoms with van der Waals surface area (Å²) in [7, 11) is 0. The molecule has 0 saturated carbocycles. The summed E-state index contributed by atoms with van der Waals surface area (Å²) in [4.78, 5) is 0. The van der Waals surface area contributed by atoms with Gasteiger partial charge in [-0.15, -0.1) is 0 Å². The molecule has 2 saturated heterocycles. The third kappa shape index (κ3) is 4.78. The molecule has 0 aromatic carbocycles. The highest BCUT2D eigenvalue weighted by atomic mass is 16.6. The molecule has 2 rings (SSSR count). The van der Waals surface area contributed by atoms with E-state index in [9.17, 15) is 0 Å². The van der Waals surface area contributed by atoms with E-state index in [0.29, 0.717) is 0 Å². The van der Waals surface area contributed by atoms with Crippen molar-refractivity contribution in [2.24, 2.45) is 0 Å². The molecule has 0 unspecified atom stereocenters. The molecule has 0 aromatic heterocycles. The van der Waals surface area contributed by atoms with Gasteiger partial charge in [-0.3, -0.25) is 0 Å². The van der Waals surface area contributed by atoms with Gasteiger partial charge < -0.3 is 60.5 Å². The molecule has 24 heavy (non-hydrogen) atoms. The SMILES string of the molecule is OC[C@H]1O[C@H](O)[C@H](O)[C@@H](O)[C@H]1O.OC[C@H]1O[C@H](O)[C@H](O)[C@@H](O)[C@H]1O. The second-order valence-corrected chi connectivity index (χ2v) is 5.44. The van der Waals surface area contributed by atoms with Crippen LogP contribution in [0.5, 0.6) is 0 Å². The fraction of sp³-hybridized carbons (Fsp3) is 1.00. The van der Waals surface area contributed by atoms with E-state index in [0.717, 1.165) is 0 Å². The van der Waals surface area contributed by atoms with E-state index in [-0.39, 0.29) is 0 Å². The summed E-state index contributed by atoms with van der Waals surface area (Å²) in [5, 5.41) is 89.3. The zero-order chi connectivity index (χ0) is 18.6. The molecule has 2 aliphatic rings. The van der Waals surface area contributed by atoms with Crippen molar-refractivity contribution in [1.82, 2.24) is 0 Å². The first-order valence-corrected chi connectivity index (χ1v) is 7.12. The number of aliphatic hydroxyl groups is 10. The Bertz CT molecular complexity index is 326. The maximum atomic E-state index is 9.12. The van der Waals surface area contributed by atoms with Gasteiger partial charge in [-0.1, -0.05) is 0 Å². The Balaban J connectivity index is 0.000000240. The molecule has 10 atom stereocenters. The van der Waals surface area contributed by atoms with E-state index in [1.165, 1.54) is 0 Å². The number of ether oxygens (including phenoxy) is 2. The van der Waals surface area contributed by atoms with Crippen LogP contribution in [0.2, 0.25) is 0 Å². The second kappa shape index (κ2) is 9.28. The molecule has 0 aromatic rings. The number of hydrogen-bond donors (Lipinski definition) is 10. The highest BCUT2D eigenvalue weighted by Crippen LogP contribution is 2.19. The van der Waals surface area contributed by atoms with Crippen molar-refractivity contribution in [1.29, 1.82) is 0 Å². The summed E-state index contributed by atoms with van der Waals surface area (Å²) >= 11 is 0. The van der Waals surface area contributed by atoms with Crippen LogP contribution in [-0.4, -0.2) is 126 Å². The van der Waals surface area contributed by atoms with Crippen LogP contribution in [0.4, 0.5) is 0 Å². The lowest BCUT2D eigenvalue weighted by molar-refractivity contribution is -0.286. The lowest BCUT2D eigenvalue weighted by Gasteiger charge is -2.37. The summed E-state index contributed by atoms with van der Waals surface area (Å²) in [5.41, 5.74) is 0. The number of rotatable bonds is 2. The Kier molecular flexibility index (Phi) is 8.34. The molecule has 2 fully saturated rings. The van der Waals surface area contributed by atoms with Crippen LogP contribution < -0.4 is 0 Å². The van der Waals surface area contributed by atoms with Gasteiger partial charge in [0, 0.05) is 0 Å². The van der Waals surface area contributed by atoms with Crippen LogP contribution in [0.1, 0.15) is 0 Å². The minimum atomic E-state index is -1.57. The number of hydrogen-bond acceptors (Lipinski definition) is 12. The van der Waals surface area contributed by atoms with Crippen molar-refractivity contribution in [3.8, 4) is 0 Å². The predicted molar refractivity (Wildman–Crippen MR) is 72.0 cm³/mol. The van der Waals surface area contributed by atoms with Gasteiger partial charge in [0.15, 0.2) is 12.6 Å². The van der Waals surface area contributed by atoms with E-state index in [1.54, 1.807) is 0 Å². The summed E-state index contributed by atoms with van der Waals surface area (Å²) < 4.78 is 9.15. The standard InChI is InChI=1S/2C6H12O6/c2*7-1-2-3(8)4(9)5(10)6(11)12-2/h2*2-11H,1H2/t2*2-,3+,4+,5-,6+/m11/s1. The number of aliphatic hydroxyl groups excluding tert-OH is 10. The minimum Gasteiger partial charge on any atom is -0.394 e. The molecule has 0 spiro atoms. The fourth-order valence-corrected chi connectivity index (χ4v) is 2.16. The molecule has 0 amide bonds. The maximum absolute atomic E-state index is 9.12. The largest absolute Gasteiger partial charge is 0.394 e. The second-order valence-electron chi connectivity index (χ2n) is 5.44. The molecular formula is C12H24O12. The Labute approximate surface area is 136 Å². The zero-order valence-electron chi connectivity index (χ0n) is 12.5. The van der Waals surface area contributed by atoms with E-state index < -0.39 is 74.6 Å². The monoisotopic (exact) mass is 360 g/mol. The summed E-state index contributed by atoms with van der Waals surface area (Å²) in [6.45, 7) is -1.05. The van der Waals surface area contributed by atoms with Gasteiger partial charge in [0.25, 0.3) is 0 Å². The Hall–Kier alpha value is -0.480. The van der Waals surface area contributed by atoms with Crippen molar-refractivity contribution in [3.63, 3.8) is 0 Å². The molecule has 0 radical (unpaired) electrons. The van der Waals surface area contributed by atoms with Gasteiger partial charge in [0.1, 0.15) is 48.8 Å². The summed E-state index contributed by atoms with van der Waals surface area (Å²) in [5.74, 6) is 0. The smallest absolute Gasteiger partial charge is 0.184 e. The topological polar surface area (TPSA) is 221 Å². The first-order chi connectivity index (χ1) is 11.1. The van der Waals surface area contributed by atoms with Crippen molar-refractivity contribution in [2.45, 2.75) is 61.4 Å². The Morgan fingerprint density at radius 2 is 0.750 bits per heavy atom. The van der Waals surface area contributed by atoms with Crippen molar-refractivity contribution >= 4 is 0 Å². The van der Waals surface area contributed by atoms with Gasteiger partial charge in [-0.25, -0.2) is 0 Å². The average molecular weight is 360 g/mol. The summed E-state index contributed by atoms with van der Waals surface area (Å²) in [6.07, 6.45) is -14.1. The Morgan fingerprint density at radius 3 is 1.00 bits per heavy atom. The van der Waals surface area contributed by atoms with E-state index in [4.69, 9.17) is 51.1 Å². The zero-order valence-corrected chi connectivity index (χ0v) is 12.5. The van der Waals surface area contributed by atoms with Gasteiger partial charge in [-0.05, 0) is 0 Å². The van der Waals surface area contributed by atoms with Crippen LogP contribution in [0.3, 0.4) is 0 Å². The fourth-order valence-electron chi connectivity index (χ4n) is 2.16. The first-order valence-electron chi connectivity index (χ1n) is 7.12. The van der Waals surface area contributed by atoms with E-state index in [2.05, 4.69) is 9.47 Å². The molecule has 12 heteroatoms. The van der Waals surface area contributed by atoms with Crippen LogP contribution in [0.25, 0.3) is 0 Å². The predicted octanol–water partition coefficient (Wildman–Crippen LogP) is -6.44. The third-order valence-electron chi connectivity index (χ3n) is 3.73. The molecular weight excluding hydrogens is 336 g/mol. The average Bonchev–Trinajstić information content (AvgIpc) is 2.58. The minimum absolute atomic E-state index is 0.526. The first kappa shape index (κ1) is 21.6. The van der Waals surface area contributed by atoms with Gasteiger partial charge >= 0.3 is 0 Å². The molecule has 144 valence electrons. The van der Waals surface area contributed by atoms with Crippen LogP contribution >= 0.6 is 0 Å². The molecule has 12 nitrogen and oxygen atoms in total. The van der Waals surface area contributed by atoms with Crippen LogP contribution in [0, 0.1) is 0 Å². The van der Waals surface area contributed by atoms with Crippen LogP contribution in [-0.2, 0) is 9.47 Å². The molecule has 0 aliphatic carbocycles. The lowest BCUT2D eigenvalue weighted by atomic mass is 10.00. The van der Waals surface area contributed by atoms with Crippen molar-refractivity contribution < 1.29 is 60.5 Å². The molecule has 2 heterocycles. The molecule has 2 aliphatic heterocycles. The van der Waals surface area contributed by atoms with Crippen LogP contribution in [0.15, 0.2) is 0 Å².